The maximum Gasteiger partial charge on any atom is 0.130 e. The van der Waals surface area contributed by atoms with Crippen LogP contribution in [0.3, 0.4) is 0 Å². The highest BCUT2D eigenvalue weighted by atomic mass is 19.1. The number of aryl methyl sites for hydroxylation is 1. The molecule has 0 fully saturated rings. The molecule has 1 N–H and O–H groups in total. The third-order valence-electron chi connectivity index (χ3n) is 6.48. The maximum absolute atomic E-state index is 14.5. The summed E-state index contributed by atoms with van der Waals surface area (Å²) in [7, 11) is 1.95. The molecule has 3 rings (SSSR count). The molecule has 0 amide bonds. The predicted octanol–water partition coefficient (Wildman–Crippen LogP) is 8.03. The number of anilines is 1. The Bertz CT molecular complexity index is 1030. The van der Waals surface area contributed by atoms with E-state index in [1.807, 2.05) is 13.1 Å². The van der Waals surface area contributed by atoms with E-state index >= 15 is 0 Å². The van der Waals surface area contributed by atoms with Gasteiger partial charge in [-0.05, 0) is 106 Å². The number of hydrogen-bond donors (Lipinski definition) is 1. The van der Waals surface area contributed by atoms with Gasteiger partial charge in [0.1, 0.15) is 23.5 Å². The Balaban J connectivity index is 1.45. The Morgan fingerprint density at radius 2 is 1.61 bits per heavy atom. The lowest BCUT2D eigenvalue weighted by Gasteiger charge is -2.22. The van der Waals surface area contributed by atoms with Crippen LogP contribution in [0.15, 0.2) is 72.8 Å². The monoisotopic (exact) mass is 494 g/mol. The van der Waals surface area contributed by atoms with Crippen LogP contribution in [0, 0.1) is 11.6 Å². The molecule has 1 unspecified atom stereocenters. The van der Waals surface area contributed by atoms with Gasteiger partial charge in [-0.1, -0.05) is 43.7 Å². The Morgan fingerprint density at radius 3 is 2.36 bits per heavy atom. The van der Waals surface area contributed by atoms with Crippen LogP contribution >= 0.6 is 0 Å². The normalized spacial score (nSPS) is 12.0. The van der Waals surface area contributed by atoms with Gasteiger partial charge in [-0.15, -0.1) is 0 Å². The van der Waals surface area contributed by atoms with E-state index in [4.69, 9.17) is 4.74 Å². The lowest BCUT2D eigenvalue weighted by atomic mass is 10.0. The Hall–Kier alpha value is -2.92. The molecule has 3 aromatic rings. The minimum absolute atomic E-state index is 0.265. The van der Waals surface area contributed by atoms with Gasteiger partial charge >= 0.3 is 0 Å². The first kappa shape index (κ1) is 27.7. The van der Waals surface area contributed by atoms with Gasteiger partial charge in [-0.2, -0.15) is 0 Å². The number of nitrogens with one attached hydrogen (secondary N) is 1. The van der Waals surface area contributed by atoms with Crippen molar-refractivity contribution in [2.75, 3.05) is 32.0 Å². The van der Waals surface area contributed by atoms with E-state index in [2.05, 4.69) is 41.4 Å². The van der Waals surface area contributed by atoms with Crippen LogP contribution in [0.25, 0.3) is 0 Å². The van der Waals surface area contributed by atoms with Crippen molar-refractivity contribution in [1.29, 1.82) is 0 Å². The molecule has 194 valence electrons. The third kappa shape index (κ3) is 9.27. The SMILES string of the molecule is CCCN(CCCCCC(Oc1ccc(F)cc1)c1ccccc1F)CCCc1cccc(NC)c1. The first-order valence-corrected chi connectivity index (χ1v) is 13.2. The fourth-order valence-corrected chi connectivity index (χ4v) is 4.57. The number of nitrogens with zero attached hydrogens (tertiary/aromatic N) is 1. The highest BCUT2D eigenvalue weighted by Gasteiger charge is 2.17. The van der Waals surface area contributed by atoms with Gasteiger partial charge in [0.15, 0.2) is 0 Å². The van der Waals surface area contributed by atoms with Crippen molar-refractivity contribution in [3.8, 4) is 5.75 Å². The number of ether oxygens (including phenoxy) is 1. The van der Waals surface area contributed by atoms with E-state index < -0.39 is 6.10 Å². The topological polar surface area (TPSA) is 24.5 Å². The van der Waals surface area contributed by atoms with Gasteiger partial charge in [0.25, 0.3) is 0 Å². The molecule has 1 atom stereocenters. The second-order valence-electron chi connectivity index (χ2n) is 9.33. The standard InChI is InChI=1S/C31H40F2N2O/c1-3-21-35(23-10-12-25-11-9-13-27(24-25)34-2)22-8-4-5-16-31(29-14-6-7-15-30(29)33)36-28-19-17-26(32)18-20-28/h6-7,9,11,13-15,17-20,24,31,34H,3-5,8,10,12,16,21-23H2,1-2H3. The molecule has 0 saturated heterocycles. The van der Waals surface area contributed by atoms with Crippen molar-refractivity contribution < 1.29 is 13.5 Å². The molecule has 0 bridgehead atoms. The summed E-state index contributed by atoms with van der Waals surface area (Å²) in [5, 5.41) is 3.21. The molecule has 0 aliphatic heterocycles. The zero-order chi connectivity index (χ0) is 25.6. The summed E-state index contributed by atoms with van der Waals surface area (Å²) in [4.78, 5) is 2.56. The molecule has 0 aromatic heterocycles. The van der Waals surface area contributed by atoms with Gasteiger partial charge in [0.05, 0.1) is 0 Å². The molecular weight excluding hydrogens is 454 g/mol. The molecule has 36 heavy (non-hydrogen) atoms. The van der Waals surface area contributed by atoms with E-state index in [0.29, 0.717) is 17.7 Å². The lowest BCUT2D eigenvalue weighted by molar-refractivity contribution is 0.184. The summed E-state index contributed by atoms with van der Waals surface area (Å²) in [6.45, 7) is 5.52. The smallest absolute Gasteiger partial charge is 0.130 e. The average molecular weight is 495 g/mol. The van der Waals surface area contributed by atoms with E-state index in [1.54, 1.807) is 24.3 Å². The zero-order valence-corrected chi connectivity index (χ0v) is 21.7. The first-order valence-electron chi connectivity index (χ1n) is 13.2. The number of hydrogen-bond acceptors (Lipinski definition) is 3. The van der Waals surface area contributed by atoms with Gasteiger partial charge < -0.3 is 15.0 Å². The fourth-order valence-electron chi connectivity index (χ4n) is 4.57. The van der Waals surface area contributed by atoms with Gasteiger partial charge in [-0.3, -0.25) is 0 Å². The Labute approximate surface area is 215 Å². The molecule has 5 heteroatoms. The molecule has 3 nitrogen and oxygen atoms in total. The molecule has 3 aromatic carbocycles. The van der Waals surface area contributed by atoms with E-state index in [-0.39, 0.29) is 11.6 Å². The lowest BCUT2D eigenvalue weighted by Crippen LogP contribution is -2.27. The van der Waals surface area contributed by atoms with Crippen molar-refractivity contribution in [3.05, 3.63) is 95.6 Å². The Morgan fingerprint density at radius 1 is 0.833 bits per heavy atom. The summed E-state index contributed by atoms with van der Waals surface area (Å²) in [5.41, 5.74) is 3.09. The molecular formula is C31H40F2N2O. The summed E-state index contributed by atoms with van der Waals surface area (Å²) < 4.78 is 33.9. The van der Waals surface area contributed by atoms with Crippen LogP contribution in [0.1, 0.15) is 62.7 Å². The quantitative estimate of drug-likeness (QED) is 0.204. The van der Waals surface area contributed by atoms with Crippen LogP contribution in [-0.4, -0.2) is 31.6 Å². The third-order valence-corrected chi connectivity index (χ3v) is 6.48. The van der Waals surface area contributed by atoms with E-state index in [1.165, 1.54) is 23.8 Å². The van der Waals surface area contributed by atoms with E-state index in [0.717, 1.165) is 63.8 Å². The van der Waals surface area contributed by atoms with Gasteiger partial charge in [-0.25, -0.2) is 8.78 Å². The summed E-state index contributed by atoms with van der Waals surface area (Å²) in [6.07, 6.45) is 6.81. The minimum atomic E-state index is -0.392. The molecule has 0 spiro atoms. The van der Waals surface area contributed by atoms with Crippen LogP contribution in [-0.2, 0) is 6.42 Å². The molecule has 0 aliphatic rings. The van der Waals surface area contributed by atoms with Crippen LogP contribution in [0.2, 0.25) is 0 Å². The van der Waals surface area contributed by atoms with Crippen molar-refractivity contribution >= 4 is 5.69 Å². The average Bonchev–Trinajstić information content (AvgIpc) is 2.89. The highest BCUT2D eigenvalue weighted by molar-refractivity contribution is 5.45. The molecule has 0 saturated carbocycles. The number of benzene rings is 3. The summed E-state index contributed by atoms with van der Waals surface area (Å²) in [5.74, 6) is -0.0223. The molecule has 0 heterocycles. The van der Waals surface area contributed by atoms with Crippen molar-refractivity contribution in [2.24, 2.45) is 0 Å². The van der Waals surface area contributed by atoms with Crippen molar-refractivity contribution in [3.63, 3.8) is 0 Å². The Kier molecular flexibility index (Phi) is 11.7. The zero-order valence-electron chi connectivity index (χ0n) is 21.7. The van der Waals surface area contributed by atoms with Gasteiger partial charge in [0.2, 0.25) is 0 Å². The predicted molar refractivity (Wildman–Crippen MR) is 146 cm³/mol. The van der Waals surface area contributed by atoms with Crippen molar-refractivity contribution in [1.82, 2.24) is 4.90 Å². The number of unbranched alkanes of at least 4 members (excludes halogenated alkanes) is 2. The van der Waals surface area contributed by atoms with Crippen LogP contribution in [0.4, 0.5) is 14.5 Å². The molecule has 0 radical (unpaired) electrons. The van der Waals surface area contributed by atoms with Crippen LogP contribution in [0.5, 0.6) is 5.75 Å². The first-order chi connectivity index (χ1) is 17.6. The summed E-state index contributed by atoms with van der Waals surface area (Å²) >= 11 is 0. The van der Waals surface area contributed by atoms with Crippen LogP contribution < -0.4 is 10.1 Å². The molecule has 0 aliphatic carbocycles. The number of halogens is 2. The fraction of sp³-hybridized carbons (Fsp3) is 0.419. The second kappa shape index (κ2) is 15.2. The van der Waals surface area contributed by atoms with E-state index in [9.17, 15) is 8.78 Å². The van der Waals surface area contributed by atoms with Gasteiger partial charge in [0, 0.05) is 18.3 Å². The minimum Gasteiger partial charge on any atom is -0.486 e. The maximum atomic E-state index is 14.5. The second-order valence-corrected chi connectivity index (χ2v) is 9.33. The highest BCUT2D eigenvalue weighted by Crippen LogP contribution is 2.29. The van der Waals surface area contributed by atoms with Crippen molar-refractivity contribution in [2.45, 2.75) is 58.0 Å². The summed E-state index contributed by atoms with van der Waals surface area (Å²) in [6, 6.07) is 21.3. The largest absolute Gasteiger partial charge is 0.486 e. The number of rotatable bonds is 16.